The second-order valence-electron chi connectivity index (χ2n) is 6.56. The second kappa shape index (κ2) is 10.2. The first-order valence-electron chi connectivity index (χ1n) is 9.35. The first kappa shape index (κ1) is 21.0. The predicted octanol–water partition coefficient (Wildman–Crippen LogP) is 3.06. The fourth-order valence-corrected chi connectivity index (χ4v) is 3.22. The summed E-state index contributed by atoms with van der Waals surface area (Å²) in [7, 11) is 1.33. The number of halogens is 2. The van der Waals surface area contributed by atoms with Gasteiger partial charge in [0.1, 0.15) is 0 Å². The zero-order valence-electron chi connectivity index (χ0n) is 16.2. The summed E-state index contributed by atoms with van der Waals surface area (Å²) in [6, 6.07) is 12.3. The largest absolute Gasteiger partial charge is 0.493 e. The number of carbonyl (C=O) groups excluding carboxylic acids is 1. The number of nitrogens with zero attached hydrogens (tertiary/aromatic N) is 1. The maximum atomic E-state index is 12.8. The fourth-order valence-electron chi connectivity index (χ4n) is 3.22. The van der Waals surface area contributed by atoms with Gasteiger partial charge in [-0.05, 0) is 23.3 Å². The summed E-state index contributed by atoms with van der Waals surface area (Å²) in [5.41, 5.74) is 2.06. The van der Waals surface area contributed by atoms with Gasteiger partial charge >= 0.3 is 6.61 Å². The molecule has 1 N–H and O–H groups in total. The molecule has 1 amide bonds. The number of para-hydroxylation sites is 1. The van der Waals surface area contributed by atoms with E-state index in [1.807, 2.05) is 24.3 Å². The number of benzene rings is 2. The summed E-state index contributed by atoms with van der Waals surface area (Å²) < 4.78 is 40.5. The quantitative estimate of drug-likeness (QED) is 0.730. The molecule has 6 nitrogen and oxygen atoms in total. The minimum absolute atomic E-state index is 0.00434. The van der Waals surface area contributed by atoms with Gasteiger partial charge in [0, 0.05) is 26.2 Å². The van der Waals surface area contributed by atoms with Crippen LogP contribution in [0.2, 0.25) is 0 Å². The van der Waals surface area contributed by atoms with Crippen LogP contribution in [0.1, 0.15) is 21.5 Å². The monoisotopic (exact) mass is 406 g/mol. The molecule has 1 aliphatic heterocycles. The highest BCUT2D eigenvalue weighted by molar-refractivity contribution is 5.97. The molecule has 0 radical (unpaired) electrons. The lowest BCUT2D eigenvalue weighted by Gasteiger charge is -2.27. The smallest absolute Gasteiger partial charge is 0.387 e. The molecule has 0 aliphatic carbocycles. The Morgan fingerprint density at radius 2 is 1.86 bits per heavy atom. The van der Waals surface area contributed by atoms with Crippen LogP contribution in [0.5, 0.6) is 11.5 Å². The standard InChI is InChI=1S/C21H24F2N2O4/c1-27-18-8-4-7-17(19(18)29-21(22)23)20(26)24-13-15-5-2-3-6-16(15)14-25-9-11-28-12-10-25/h2-8,21H,9-14H2,1H3,(H,24,26). The third-order valence-electron chi connectivity index (χ3n) is 4.71. The number of carbonyl (C=O) groups is 1. The summed E-state index contributed by atoms with van der Waals surface area (Å²) in [5.74, 6) is -0.713. The third-order valence-corrected chi connectivity index (χ3v) is 4.71. The van der Waals surface area contributed by atoms with Crippen LogP contribution in [0.15, 0.2) is 42.5 Å². The van der Waals surface area contributed by atoms with E-state index in [9.17, 15) is 13.6 Å². The molecular formula is C21H24F2N2O4. The van der Waals surface area contributed by atoms with Gasteiger partial charge in [-0.25, -0.2) is 0 Å². The fraction of sp³-hybridized carbons (Fsp3) is 0.381. The molecule has 29 heavy (non-hydrogen) atoms. The Morgan fingerprint density at radius 1 is 1.14 bits per heavy atom. The zero-order chi connectivity index (χ0) is 20.6. The van der Waals surface area contributed by atoms with Gasteiger partial charge in [0.15, 0.2) is 11.5 Å². The van der Waals surface area contributed by atoms with Crippen LogP contribution in [0.3, 0.4) is 0 Å². The van der Waals surface area contributed by atoms with E-state index in [4.69, 9.17) is 9.47 Å². The summed E-state index contributed by atoms with van der Waals surface area (Å²) in [4.78, 5) is 15.0. The van der Waals surface area contributed by atoms with Gasteiger partial charge in [-0.1, -0.05) is 30.3 Å². The first-order valence-corrected chi connectivity index (χ1v) is 9.35. The normalized spacial score (nSPS) is 14.6. The molecule has 2 aromatic carbocycles. The Labute approximate surface area is 168 Å². The molecule has 156 valence electrons. The van der Waals surface area contributed by atoms with Crippen molar-refractivity contribution in [1.29, 1.82) is 0 Å². The van der Waals surface area contributed by atoms with E-state index >= 15 is 0 Å². The van der Waals surface area contributed by atoms with Crippen molar-refractivity contribution in [2.75, 3.05) is 33.4 Å². The van der Waals surface area contributed by atoms with Crippen LogP contribution in [0.4, 0.5) is 8.78 Å². The van der Waals surface area contributed by atoms with Gasteiger partial charge in [-0.15, -0.1) is 0 Å². The molecule has 8 heteroatoms. The summed E-state index contributed by atoms with van der Waals surface area (Å²) >= 11 is 0. The van der Waals surface area contributed by atoms with Gasteiger partial charge in [0.2, 0.25) is 0 Å². The molecule has 1 heterocycles. The van der Waals surface area contributed by atoms with E-state index in [1.54, 1.807) is 6.07 Å². The topological polar surface area (TPSA) is 60.0 Å². The third kappa shape index (κ3) is 5.65. The van der Waals surface area contributed by atoms with Gasteiger partial charge in [0.25, 0.3) is 5.91 Å². The lowest BCUT2D eigenvalue weighted by Crippen LogP contribution is -2.36. The Kier molecular flexibility index (Phi) is 7.37. The van der Waals surface area contributed by atoms with Crippen molar-refractivity contribution in [2.24, 2.45) is 0 Å². The Hall–Kier alpha value is -2.71. The average molecular weight is 406 g/mol. The molecule has 0 unspecified atom stereocenters. The molecular weight excluding hydrogens is 382 g/mol. The van der Waals surface area contributed by atoms with E-state index in [0.717, 1.165) is 30.8 Å². The average Bonchev–Trinajstić information content (AvgIpc) is 2.73. The highest BCUT2D eigenvalue weighted by Gasteiger charge is 2.20. The molecule has 0 atom stereocenters. The van der Waals surface area contributed by atoms with Crippen molar-refractivity contribution in [2.45, 2.75) is 19.7 Å². The molecule has 1 fully saturated rings. The molecule has 0 bridgehead atoms. The van der Waals surface area contributed by atoms with Crippen LogP contribution in [-0.2, 0) is 17.8 Å². The summed E-state index contributed by atoms with van der Waals surface area (Å²) in [5, 5.41) is 2.80. The minimum Gasteiger partial charge on any atom is -0.493 e. The number of morpholine rings is 1. The highest BCUT2D eigenvalue weighted by atomic mass is 19.3. The van der Waals surface area contributed by atoms with Crippen molar-refractivity contribution >= 4 is 5.91 Å². The van der Waals surface area contributed by atoms with E-state index in [0.29, 0.717) is 13.2 Å². The van der Waals surface area contributed by atoms with Gasteiger partial charge in [0.05, 0.1) is 25.9 Å². The predicted molar refractivity (Wildman–Crippen MR) is 103 cm³/mol. The Morgan fingerprint density at radius 3 is 2.55 bits per heavy atom. The minimum atomic E-state index is -3.06. The van der Waals surface area contributed by atoms with Crippen LogP contribution >= 0.6 is 0 Å². The second-order valence-corrected chi connectivity index (χ2v) is 6.56. The lowest BCUT2D eigenvalue weighted by molar-refractivity contribution is -0.0515. The number of rotatable bonds is 8. The number of nitrogens with one attached hydrogen (secondary N) is 1. The molecule has 2 aromatic rings. The van der Waals surface area contributed by atoms with Crippen LogP contribution in [0, 0.1) is 0 Å². The summed E-state index contributed by atoms with van der Waals surface area (Å²) in [6.45, 7) is 1.10. The molecule has 1 aliphatic rings. The van der Waals surface area contributed by atoms with Gasteiger partial charge in [-0.3, -0.25) is 9.69 Å². The highest BCUT2D eigenvalue weighted by Crippen LogP contribution is 2.32. The van der Waals surface area contributed by atoms with Crippen LogP contribution < -0.4 is 14.8 Å². The van der Waals surface area contributed by atoms with Crippen LogP contribution in [0.25, 0.3) is 0 Å². The zero-order valence-corrected chi connectivity index (χ0v) is 16.2. The van der Waals surface area contributed by atoms with Gasteiger partial charge < -0.3 is 19.5 Å². The number of amides is 1. The van der Waals surface area contributed by atoms with E-state index in [2.05, 4.69) is 15.0 Å². The Balaban J connectivity index is 1.71. The maximum Gasteiger partial charge on any atom is 0.387 e. The Bertz CT molecular complexity index is 826. The number of hydrogen-bond donors (Lipinski definition) is 1. The number of methoxy groups -OCH3 is 1. The van der Waals surface area contributed by atoms with E-state index in [1.165, 1.54) is 19.2 Å². The van der Waals surface area contributed by atoms with Crippen molar-refractivity contribution < 1.29 is 27.8 Å². The van der Waals surface area contributed by atoms with Gasteiger partial charge in [-0.2, -0.15) is 8.78 Å². The van der Waals surface area contributed by atoms with E-state index in [-0.39, 0.29) is 23.6 Å². The maximum absolute atomic E-state index is 12.8. The number of ether oxygens (including phenoxy) is 3. The first-order chi connectivity index (χ1) is 14.1. The molecule has 0 saturated carbocycles. The molecule has 1 saturated heterocycles. The van der Waals surface area contributed by atoms with E-state index < -0.39 is 12.5 Å². The lowest BCUT2D eigenvalue weighted by atomic mass is 10.1. The number of alkyl halides is 2. The molecule has 3 rings (SSSR count). The van der Waals surface area contributed by atoms with Crippen molar-refractivity contribution in [3.63, 3.8) is 0 Å². The summed E-state index contributed by atoms with van der Waals surface area (Å²) in [6.07, 6.45) is 0. The van der Waals surface area contributed by atoms with Crippen molar-refractivity contribution in [3.05, 3.63) is 59.2 Å². The SMILES string of the molecule is COc1cccc(C(=O)NCc2ccccc2CN2CCOCC2)c1OC(F)F. The van der Waals surface area contributed by atoms with Crippen LogP contribution in [-0.4, -0.2) is 50.8 Å². The van der Waals surface area contributed by atoms with Crippen molar-refractivity contribution in [3.8, 4) is 11.5 Å². The number of hydrogen-bond acceptors (Lipinski definition) is 5. The van der Waals surface area contributed by atoms with Crippen molar-refractivity contribution in [1.82, 2.24) is 10.2 Å². The molecule has 0 spiro atoms. The molecule has 0 aromatic heterocycles.